The lowest BCUT2D eigenvalue weighted by Crippen LogP contribution is -2.36. The van der Waals surface area contributed by atoms with Crippen molar-refractivity contribution in [1.82, 2.24) is 0 Å². The molecule has 0 N–H and O–H groups in total. The molecule has 2 fully saturated rings. The van der Waals surface area contributed by atoms with E-state index >= 15 is 0 Å². The third kappa shape index (κ3) is 2.78. The predicted octanol–water partition coefficient (Wildman–Crippen LogP) is 2.05. The first-order chi connectivity index (χ1) is 9.02. The maximum atomic E-state index is 5.86. The molecule has 0 aromatic rings. The van der Waals surface area contributed by atoms with Crippen LogP contribution in [0.4, 0.5) is 0 Å². The van der Waals surface area contributed by atoms with Gasteiger partial charge in [-0.2, -0.15) is 0 Å². The van der Waals surface area contributed by atoms with Gasteiger partial charge in [-0.15, -0.1) is 6.58 Å². The minimum Gasteiger partial charge on any atom is -0.470 e. The van der Waals surface area contributed by atoms with Gasteiger partial charge in [0.1, 0.15) is 18.2 Å². The lowest BCUT2D eigenvalue weighted by Gasteiger charge is -2.25. The molecular formula is C13H17NO4S. The van der Waals surface area contributed by atoms with Crippen molar-refractivity contribution in [3.63, 3.8) is 0 Å². The minimum atomic E-state index is -0.687. The van der Waals surface area contributed by atoms with E-state index in [1.54, 1.807) is 6.08 Å². The summed E-state index contributed by atoms with van der Waals surface area (Å²) < 4.78 is 22.8. The van der Waals surface area contributed by atoms with Gasteiger partial charge in [-0.1, -0.05) is 12.7 Å². The highest BCUT2D eigenvalue weighted by molar-refractivity contribution is 7.78. The minimum absolute atomic E-state index is 0.296. The molecule has 0 amide bonds. The third-order valence-electron chi connectivity index (χ3n) is 3.06. The summed E-state index contributed by atoms with van der Waals surface area (Å²) in [7, 11) is 0. The summed E-state index contributed by atoms with van der Waals surface area (Å²) in [5.41, 5.74) is 0. The molecule has 2 rings (SSSR count). The van der Waals surface area contributed by atoms with Crippen LogP contribution in [0.15, 0.2) is 30.5 Å². The zero-order valence-electron chi connectivity index (χ0n) is 10.9. The number of thiocarbonyl (C=S) groups is 1. The highest BCUT2D eigenvalue weighted by atomic mass is 32.1. The summed E-state index contributed by atoms with van der Waals surface area (Å²) in [6.45, 7) is 11.0. The van der Waals surface area contributed by atoms with Crippen molar-refractivity contribution in [1.29, 1.82) is 0 Å². The second-order valence-electron chi connectivity index (χ2n) is 4.78. The lowest BCUT2D eigenvalue weighted by molar-refractivity contribution is -0.222. The molecule has 0 spiro atoms. The summed E-state index contributed by atoms with van der Waals surface area (Å²) >= 11 is 4.64. The summed E-state index contributed by atoms with van der Waals surface area (Å²) in [5.74, 6) is -0.687. The predicted molar refractivity (Wildman–Crippen MR) is 72.8 cm³/mol. The fraction of sp³-hybridized carbons (Fsp3) is 0.615. The van der Waals surface area contributed by atoms with E-state index in [1.165, 1.54) is 6.26 Å². The van der Waals surface area contributed by atoms with E-state index in [2.05, 4.69) is 35.5 Å². The Balaban J connectivity index is 2.23. The molecule has 2 heterocycles. The van der Waals surface area contributed by atoms with E-state index in [0.29, 0.717) is 0 Å². The van der Waals surface area contributed by atoms with Crippen LogP contribution in [-0.2, 0) is 18.9 Å². The normalized spacial score (nSPS) is 36.9. The summed E-state index contributed by atoms with van der Waals surface area (Å²) in [4.78, 5) is 4.03. The zero-order chi connectivity index (χ0) is 14.0. The summed E-state index contributed by atoms with van der Waals surface area (Å²) in [6, 6.07) is -0.346. The largest absolute Gasteiger partial charge is 0.470 e. The van der Waals surface area contributed by atoms with Gasteiger partial charge >= 0.3 is 0 Å². The average Bonchev–Trinajstić information content (AvgIpc) is 2.82. The number of rotatable bonds is 5. The number of hydrogen-bond donors (Lipinski definition) is 0. The van der Waals surface area contributed by atoms with Gasteiger partial charge in [0.15, 0.2) is 11.9 Å². The molecule has 0 aromatic carbocycles. The molecule has 5 nitrogen and oxygen atoms in total. The van der Waals surface area contributed by atoms with E-state index in [1.807, 2.05) is 13.8 Å². The molecule has 0 aliphatic carbocycles. The average molecular weight is 283 g/mol. The van der Waals surface area contributed by atoms with Gasteiger partial charge in [0.05, 0.1) is 11.4 Å². The van der Waals surface area contributed by atoms with Crippen LogP contribution in [0.2, 0.25) is 0 Å². The quantitative estimate of drug-likeness (QED) is 0.334. The standard InChI is InChI=1S/C13H17NO4S/c1-5-8(14-7-19)9-10-11(12(16-9)15-6-2)18-13(3,4)17-10/h5-6,8-12H,1-2H2,3-4H3/t8-,9-,10-,11-,12-/m1/s1. The molecule has 0 aromatic heterocycles. The number of isothiocyanates is 1. The molecular weight excluding hydrogens is 266 g/mol. The fourth-order valence-electron chi connectivity index (χ4n) is 2.39. The smallest absolute Gasteiger partial charge is 0.228 e. The van der Waals surface area contributed by atoms with E-state index in [0.717, 1.165) is 0 Å². The van der Waals surface area contributed by atoms with Crippen LogP contribution in [0.25, 0.3) is 0 Å². The zero-order valence-corrected chi connectivity index (χ0v) is 11.8. The van der Waals surface area contributed by atoms with Crippen LogP contribution >= 0.6 is 12.2 Å². The van der Waals surface area contributed by atoms with Crippen molar-refractivity contribution < 1.29 is 18.9 Å². The van der Waals surface area contributed by atoms with E-state index < -0.39 is 12.1 Å². The van der Waals surface area contributed by atoms with Crippen molar-refractivity contribution in [3.8, 4) is 0 Å². The van der Waals surface area contributed by atoms with Crippen LogP contribution in [0.3, 0.4) is 0 Å². The van der Waals surface area contributed by atoms with E-state index in [-0.39, 0.29) is 24.4 Å². The van der Waals surface area contributed by atoms with Crippen molar-refractivity contribution in [2.24, 2.45) is 4.99 Å². The monoisotopic (exact) mass is 283 g/mol. The summed E-state index contributed by atoms with van der Waals surface area (Å²) in [5, 5.41) is 2.34. The highest BCUT2D eigenvalue weighted by Gasteiger charge is 2.57. The van der Waals surface area contributed by atoms with Crippen molar-refractivity contribution in [3.05, 3.63) is 25.5 Å². The number of nitrogens with zero attached hydrogens (tertiary/aromatic N) is 1. The molecule has 0 unspecified atom stereocenters. The number of ether oxygens (including phenoxy) is 4. The lowest BCUT2D eigenvalue weighted by atomic mass is 10.0. The molecule has 2 aliphatic heterocycles. The first kappa shape index (κ1) is 14.4. The number of aliphatic imine (C=N–C) groups is 1. The molecule has 0 bridgehead atoms. The van der Waals surface area contributed by atoms with Crippen LogP contribution in [0.5, 0.6) is 0 Å². The SMILES string of the molecule is C=CO[C@@H]1O[C@H]([C@@H](C=C)N=C=S)[C@H]2OC(C)(C)O[C@@H]12. The van der Waals surface area contributed by atoms with Gasteiger partial charge in [-0.25, -0.2) is 4.99 Å². The molecule has 0 saturated carbocycles. The third-order valence-corrected chi connectivity index (χ3v) is 3.16. The number of fused-ring (bicyclic) bond motifs is 1. The Morgan fingerprint density at radius 3 is 2.63 bits per heavy atom. The Hall–Kier alpha value is -1.04. The Labute approximate surface area is 117 Å². The number of hydrogen-bond acceptors (Lipinski definition) is 6. The Morgan fingerprint density at radius 2 is 2.05 bits per heavy atom. The Kier molecular flexibility index (Phi) is 4.18. The Bertz CT molecular complexity index is 419. The molecule has 0 radical (unpaired) electrons. The van der Waals surface area contributed by atoms with Crippen molar-refractivity contribution in [2.75, 3.05) is 0 Å². The van der Waals surface area contributed by atoms with Crippen LogP contribution in [-0.4, -0.2) is 41.6 Å². The molecule has 2 saturated heterocycles. The first-order valence-electron chi connectivity index (χ1n) is 5.99. The van der Waals surface area contributed by atoms with Gasteiger partial charge in [-0.3, -0.25) is 0 Å². The molecule has 19 heavy (non-hydrogen) atoms. The Morgan fingerprint density at radius 1 is 1.37 bits per heavy atom. The maximum Gasteiger partial charge on any atom is 0.228 e. The highest BCUT2D eigenvalue weighted by Crippen LogP contribution is 2.40. The van der Waals surface area contributed by atoms with Crippen LogP contribution in [0, 0.1) is 0 Å². The molecule has 5 atom stereocenters. The van der Waals surface area contributed by atoms with Crippen LogP contribution < -0.4 is 0 Å². The van der Waals surface area contributed by atoms with Gasteiger partial charge in [0, 0.05) is 0 Å². The van der Waals surface area contributed by atoms with Gasteiger partial charge in [-0.05, 0) is 26.1 Å². The second-order valence-corrected chi connectivity index (χ2v) is 4.97. The summed E-state index contributed by atoms with van der Waals surface area (Å²) in [6.07, 6.45) is 1.40. The van der Waals surface area contributed by atoms with Gasteiger partial charge < -0.3 is 18.9 Å². The second kappa shape index (κ2) is 5.53. The molecule has 2 aliphatic rings. The van der Waals surface area contributed by atoms with E-state index in [4.69, 9.17) is 18.9 Å². The molecule has 6 heteroatoms. The van der Waals surface area contributed by atoms with Gasteiger partial charge in [0.25, 0.3) is 0 Å². The topological polar surface area (TPSA) is 49.3 Å². The first-order valence-corrected chi connectivity index (χ1v) is 6.40. The van der Waals surface area contributed by atoms with Gasteiger partial charge in [0.2, 0.25) is 6.29 Å². The maximum absolute atomic E-state index is 5.86. The van der Waals surface area contributed by atoms with Crippen LogP contribution in [0.1, 0.15) is 13.8 Å². The van der Waals surface area contributed by atoms with E-state index in [9.17, 15) is 0 Å². The van der Waals surface area contributed by atoms with Crippen molar-refractivity contribution >= 4 is 17.4 Å². The molecule has 104 valence electrons. The van der Waals surface area contributed by atoms with Crippen molar-refractivity contribution in [2.45, 2.75) is 50.3 Å². The fourth-order valence-corrected chi connectivity index (χ4v) is 2.51.